The van der Waals surface area contributed by atoms with E-state index >= 15 is 0 Å². The molecule has 3 rings (SSSR count). The quantitative estimate of drug-likeness (QED) is 0.736. The Morgan fingerprint density at radius 1 is 1.45 bits per heavy atom. The van der Waals surface area contributed by atoms with Crippen LogP contribution in [0.4, 0.5) is 0 Å². The van der Waals surface area contributed by atoms with Gasteiger partial charge in [-0.1, -0.05) is 6.92 Å². The van der Waals surface area contributed by atoms with Crippen molar-refractivity contribution in [1.82, 2.24) is 4.98 Å². The van der Waals surface area contributed by atoms with Crippen molar-refractivity contribution in [3.63, 3.8) is 0 Å². The van der Waals surface area contributed by atoms with Crippen LogP contribution >= 0.6 is 0 Å². The van der Waals surface area contributed by atoms with Crippen LogP contribution < -0.4 is 5.82 Å². The zero-order valence-electron chi connectivity index (χ0n) is 10.5. The van der Waals surface area contributed by atoms with Gasteiger partial charge in [0.05, 0.1) is 11.8 Å². The molecule has 0 aromatic carbocycles. The van der Waals surface area contributed by atoms with E-state index in [1.807, 2.05) is 0 Å². The van der Waals surface area contributed by atoms with Crippen LogP contribution in [0.15, 0.2) is 42.7 Å². The molecule has 3 heterocycles. The van der Waals surface area contributed by atoms with E-state index in [1.54, 1.807) is 19.1 Å². The van der Waals surface area contributed by atoms with Gasteiger partial charge in [-0.15, -0.1) is 0 Å². The molecular formula is C13H11NO6. The summed E-state index contributed by atoms with van der Waals surface area (Å²) in [4.78, 5) is 25.8. The molecule has 1 N–H and O–H groups in total. The van der Waals surface area contributed by atoms with E-state index in [0.717, 1.165) is 6.26 Å². The highest BCUT2D eigenvalue weighted by Crippen LogP contribution is 2.23. The van der Waals surface area contributed by atoms with Crippen LogP contribution in [0.3, 0.4) is 0 Å². The topological polar surface area (TPSA) is 98.6 Å². The number of aromatic nitrogens is 1. The van der Waals surface area contributed by atoms with Gasteiger partial charge in [0.15, 0.2) is 17.4 Å². The molecular weight excluding hydrogens is 266 g/mol. The van der Waals surface area contributed by atoms with E-state index in [4.69, 9.17) is 13.6 Å². The van der Waals surface area contributed by atoms with E-state index in [-0.39, 0.29) is 11.5 Å². The van der Waals surface area contributed by atoms with Crippen molar-refractivity contribution in [2.45, 2.75) is 19.4 Å². The number of fused-ring (bicyclic) bond motifs is 1. The molecule has 7 nitrogen and oxygen atoms in total. The van der Waals surface area contributed by atoms with Gasteiger partial charge in [0.1, 0.15) is 12.0 Å². The largest absolute Gasteiger partial charge is 0.518 e. The minimum absolute atomic E-state index is 0.182. The number of nitrogens with one attached hydrogen (secondary N) is 1. The van der Waals surface area contributed by atoms with Gasteiger partial charge >= 0.3 is 11.8 Å². The normalized spacial score (nSPS) is 12.7. The fourth-order valence-corrected chi connectivity index (χ4v) is 1.89. The van der Waals surface area contributed by atoms with Gasteiger partial charge in [0.25, 0.3) is 0 Å². The van der Waals surface area contributed by atoms with Crippen molar-refractivity contribution >= 4 is 17.1 Å². The summed E-state index contributed by atoms with van der Waals surface area (Å²) < 4.78 is 19.8. The second kappa shape index (κ2) is 4.76. The lowest BCUT2D eigenvalue weighted by atomic mass is 10.2. The molecule has 3 aromatic heterocycles. The van der Waals surface area contributed by atoms with Gasteiger partial charge in [0.2, 0.25) is 0 Å². The van der Waals surface area contributed by atoms with Crippen molar-refractivity contribution in [2.24, 2.45) is 0 Å². The number of rotatable bonds is 4. The Morgan fingerprint density at radius 3 is 2.95 bits per heavy atom. The minimum atomic E-state index is -0.827. The molecule has 0 spiro atoms. The first-order valence-corrected chi connectivity index (χ1v) is 6.03. The first kappa shape index (κ1) is 12.3. The number of H-pyrrole nitrogens is 1. The maximum Gasteiger partial charge on any atom is 0.518 e. The molecule has 3 aromatic rings. The molecule has 0 radical (unpaired) electrons. The number of hydrogen-bond acceptors (Lipinski definition) is 6. The lowest BCUT2D eigenvalue weighted by Crippen LogP contribution is -2.11. The Morgan fingerprint density at radius 2 is 2.30 bits per heavy atom. The van der Waals surface area contributed by atoms with Gasteiger partial charge in [-0.25, -0.2) is 9.59 Å². The lowest BCUT2D eigenvalue weighted by Gasteiger charge is -2.11. The maximum atomic E-state index is 12.0. The summed E-state index contributed by atoms with van der Waals surface area (Å²) >= 11 is 0. The lowest BCUT2D eigenvalue weighted by molar-refractivity contribution is 0.0226. The predicted octanol–water partition coefficient (Wildman–Crippen LogP) is 2.62. The van der Waals surface area contributed by atoms with Crippen molar-refractivity contribution in [3.05, 3.63) is 46.7 Å². The van der Waals surface area contributed by atoms with E-state index < -0.39 is 17.9 Å². The van der Waals surface area contributed by atoms with Crippen LogP contribution in [0.5, 0.6) is 0 Å². The first-order valence-electron chi connectivity index (χ1n) is 6.03. The predicted molar refractivity (Wildman–Crippen MR) is 66.3 cm³/mol. The number of esters is 1. The highest BCUT2D eigenvalue weighted by molar-refractivity contribution is 5.93. The number of carbonyl (C=O) groups excluding carboxylic acids is 1. The van der Waals surface area contributed by atoms with Crippen LogP contribution in [0.25, 0.3) is 11.1 Å². The van der Waals surface area contributed by atoms with E-state index in [9.17, 15) is 9.59 Å². The summed E-state index contributed by atoms with van der Waals surface area (Å²) in [6, 6.07) is 3.26. The van der Waals surface area contributed by atoms with Crippen molar-refractivity contribution in [2.75, 3.05) is 0 Å². The molecule has 20 heavy (non-hydrogen) atoms. The summed E-state index contributed by atoms with van der Waals surface area (Å²) in [5.41, 5.74) is 1.54. The second-order valence-corrected chi connectivity index (χ2v) is 4.17. The highest BCUT2D eigenvalue weighted by atomic mass is 16.6. The highest BCUT2D eigenvalue weighted by Gasteiger charge is 2.22. The van der Waals surface area contributed by atoms with Crippen molar-refractivity contribution < 1.29 is 22.8 Å². The molecule has 0 aliphatic carbocycles. The Hall–Kier alpha value is -2.70. The van der Waals surface area contributed by atoms with Gasteiger partial charge in [0, 0.05) is 12.1 Å². The van der Waals surface area contributed by atoms with Crippen LogP contribution in [-0.2, 0) is 4.74 Å². The Labute approximate surface area is 112 Å². The Bertz CT molecular complexity index is 760. The molecule has 1 unspecified atom stereocenters. The van der Waals surface area contributed by atoms with Gasteiger partial charge < -0.3 is 23.0 Å². The summed E-state index contributed by atoms with van der Waals surface area (Å²) in [6.45, 7) is 1.80. The summed E-state index contributed by atoms with van der Waals surface area (Å²) in [6.07, 6.45) is 2.43. The SMILES string of the molecule is CCC(OC(=O)c1cc2occc2[nH]1)c1coc(=O)o1. The molecule has 0 aliphatic rings. The number of hydrogen-bond donors (Lipinski definition) is 1. The van der Waals surface area contributed by atoms with Gasteiger partial charge in [-0.3, -0.25) is 0 Å². The number of furan rings is 1. The third-order valence-corrected chi connectivity index (χ3v) is 2.87. The van der Waals surface area contributed by atoms with Crippen LogP contribution in [0.1, 0.15) is 35.7 Å². The molecule has 7 heteroatoms. The Kier molecular flexibility index (Phi) is 2.94. The molecule has 0 saturated carbocycles. The van der Waals surface area contributed by atoms with E-state index in [0.29, 0.717) is 17.5 Å². The molecule has 104 valence electrons. The molecule has 0 aliphatic heterocycles. The minimum Gasteiger partial charge on any atom is -0.463 e. The first-order chi connectivity index (χ1) is 9.67. The summed E-state index contributed by atoms with van der Waals surface area (Å²) in [5.74, 6) is -1.21. The number of carbonyl (C=O) groups is 1. The molecule has 0 bridgehead atoms. The third-order valence-electron chi connectivity index (χ3n) is 2.87. The standard InChI is InChI=1S/C13H11NO6/c1-2-9(11-6-18-13(16)20-11)19-12(15)8-5-10-7(14-8)3-4-17-10/h3-6,9,14H,2H2,1H3. The fraction of sp³-hybridized carbons (Fsp3) is 0.231. The summed E-state index contributed by atoms with van der Waals surface area (Å²) in [7, 11) is 0. The van der Waals surface area contributed by atoms with Crippen molar-refractivity contribution in [1.29, 1.82) is 0 Å². The van der Waals surface area contributed by atoms with E-state index in [2.05, 4.69) is 9.40 Å². The maximum absolute atomic E-state index is 12.0. The Balaban J connectivity index is 1.80. The van der Waals surface area contributed by atoms with E-state index in [1.165, 1.54) is 6.26 Å². The van der Waals surface area contributed by atoms with Crippen LogP contribution in [-0.4, -0.2) is 11.0 Å². The zero-order chi connectivity index (χ0) is 14.1. The average Bonchev–Trinajstić information content (AvgIpc) is 3.10. The smallest absolute Gasteiger partial charge is 0.463 e. The zero-order valence-corrected chi connectivity index (χ0v) is 10.5. The van der Waals surface area contributed by atoms with Gasteiger partial charge in [-0.05, 0) is 6.42 Å². The average molecular weight is 277 g/mol. The molecule has 1 atom stereocenters. The molecule has 0 fully saturated rings. The van der Waals surface area contributed by atoms with Crippen LogP contribution in [0, 0.1) is 0 Å². The van der Waals surface area contributed by atoms with Gasteiger partial charge in [-0.2, -0.15) is 0 Å². The van der Waals surface area contributed by atoms with Crippen LogP contribution in [0.2, 0.25) is 0 Å². The number of aromatic amines is 1. The summed E-state index contributed by atoms with van der Waals surface area (Å²) in [5, 5.41) is 0. The second-order valence-electron chi connectivity index (χ2n) is 4.17. The number of ether oxygens (including phenoxy) is 1. The molecule has 0 saturated heterocycles. The molecule has 0 amide bonds. The fourth-order valence-electron chi connectivity index (χ4n) is 1.89. The third kappa shape index (κ3) is 2.13. The van der Waals surface area contributed by atoms with Crippen molar-refractivity contribution in [3.8, 4) is 0 Å². The monoisotopic (exact) mass is 277 g/mol.